The molecule has 1 radical (unpaired) electrons. The van der Waals surface area contributed by atoms with Crippen molar-refractivity contribution in [3.8, 4) is 11.3 Å². The molecule has 0 aliphatic carbocycles. The second-order valence-electron chi connectivity index (χ2n) is 8.98. The van der Waals surface area contributed by atoms with Crippen LogP contribution in [-0.4, -0.2) is 38.5 Å². The van der Waals surface area contributed by atoms with Gasteiger partial charge in [0, 0.05) is 26.2 Å². The molecule has 1 N–H and O–H groups in total. The van der Waals surface area contributed by atoms with Crippen molar-refractivity contribution >= 4 is 68.8 Å². The summed E-state index contributed by atoms with van der Waals surface area (Å²) in [6, 6.07) is 24.0. The number of aromatic nitrogens is 1. The Morgan fingerprint density at radius 2 is 1.74 bits per heavy atom. The van der Waals surface area contributed by atoms with Gasteiger partial charge in [-0.1, -0.05) is 0 Å². The van der Waals surface area contributed by atoms with E-state index >= 15 is 0 Å². The van der Waals surface area contributed by atoms with Crippen LogP contribution in [0.3, 0.4) is 0 Å². The first kappa shape index (κ1) is 24.8. The molecule has 1 aliphatic rings. The van der Waals surface area contributed by atoms with Crippen molar-refractivity contribution in [3.63, 3.8) is 0 Å². The summed E-state index contributed by atoms with van der Waals surface area (Å²) in [6.45, 7) is 7.82. The van der Waals surface area contributed by atoms with Crippen molar-refractivity contribution in [1.82, 2.24) is 4.98 Å². The van der Waals surface area contributed by atoms with Gasteiger partial charge in [-0.25, -0.2) is 0 Å². The fourth-order valence-corrected chi connectivity index (χ4v) is 10.3. The van der Waals surface area contributed by atoms with Gasteiger partial charge in [-0.3, -0.25) is 4.79 Å². The molecule has 1 aliphatic heterocycles. The summed E-state index contributed by atoms with van der Waals surface area (Å²) in [5.41, 5.74) is 2.38. The standard InChI is InChI=1S/C23H16NSeSi.C5H8O2.Ir/c1-26(2)19-9-5-8-17-21(19)22-18(25-17)10-11-24-23(22)16-12-14-6-3-4-7-15(14)13-20(16)26;1-4(6)3-5(2)7;/h3-11,13H,1-2H3;3,6H,1-2H3;/q-1;;/b;4-3-;. The zero-order valence-electron chi connectivity index (χ0n) is 19.4. The van der Waals surface area contributed by atoms with Gasteiger partial charge in [0.15, 0.2) is 5.78 Å². The predicted octanol–water partition coefficient (Wildman–Crippen LogP) is 5.24. The number of rotatable bonds is 1. The third kappa shape index (κ3) is 4.15. The van der Waals surface area contributed by atoms with Gasteiger partial charge in [-0.05, 0) is 13.8 Å². The van der Waals surface area contributed by atoms with Gasteiger partial charge in [-0.15, -0.1) is 0 Å². The summed E-state index contributed by atoms with van der Waals surface area (Å²) in [5.74, 6) is -0.0625. The van der Waals surface area contributed by atoms with Crippen molar-refractivity contribution in [2.75, 3.05) is 0 Å². The van der Waals surface area contributed by atoms with Crippen LogP contribution in [0.25, 0.3) is 41.3 Å². The van der Waals surface area contributed by atoms with Crippen LogP contribution in [0.5, 0.6) is 0 Å². The van der Waals surface area contributed by atoms with E-state index < -0.39 is 8.07 Å². The van der Waals surface area contributed by atoms with Crippen LogP contribution in [0.4, 0.5) is 0 Å². The van der Waals surface area contributed by atoms with Crippen molar-refractivity contribution in [3.05, 3.63) is 78.7 Å². The number of ketones is 1. The third-order valence-electron chi connectivity index (χ3n) is 6.19. The molecule has 3 aromatic carbocycles. The van der Waals surface area contributed by atoms with E-state index in [0.717, 1.165) is 5.69 Å². The van der Waals surface area contributed by atoms with E-state index in [9.17, 15) is 4.79 Å². The van der Waals surface area contributed by atoms with E-state index in [-0.39, 0.29) is 31.6 Å². The summed E-state index contributed by atoms with van der Waals surface area (Å²) in [5, 5.41) is 16.7. The van der Waals surface area contributed by atoms with Gasteiger partial charge in [0.25, 0.3) is 0 Å². The van der Waals surface area contributed by atoms with Crippen molar-refractivity contribution in [2.45, 2.75) is 26.9 Å². The molecular formula is C28H24IrNO2SeSi-. The largest absolute Gasteiger partial charge is 0 e. The van der Waals surface area contributed by atoms with E-state index in [4.69, 9.17) is 10.1 Å². The van der Waals surface area contributed by atoms with Crippen LogP contribution in [0.1, 0.15) is 13.8 Å². The molecule has 0 saturated heterocycles. The molecule has 34 heavy (non-hydrogen) atoms. The number of fused-ring (bicyclic) bond motifs is 3. The van der Waals surface area contributed by atoms with E-state index in [1.165, 1.54) is 60.7 Å². The number of aliphatic hydroxyl groups is 1. The van der Waals surface area contributed by atoms with Crippen LogP contribution >= 0.6 is 0 Å². The van der Waals surface area contributed by atoms with Crippen molar-refractivity contribution in [1.29, 1.82) is 0 Å². The normalized spacial score (nSPS) is 13.7. The van der Waals surface area contributed by atoms with Crippen LogP contribution in [0, 0.1) is 6.07 Å². The molecule has 3 heterocycles. The number of nitrogens with zero attached hydrogens (tertiary/aromatic N) is 1. The van der Waals surface area contributed by atoms with Crippen molar-refractivity contribution in [2.24, 2.45) is 0 Å². The second-order valence-corrected chi connectivity index (χ2v) is 15.6. The summed E-state index contributed by atoms with van der Waals surface area (Å²) >= 11 is 0.386. The Labute approximate surface area is 219 Å². The molecule has 2 aromatic heterocycles. The van der Waals surface area contributed by atoms with Gasteiger partial charge < -0.3 is 5.11 Å². The Bertz CT molecular complexity index is 1600. The fraction of sp³-hybridized carbons (Fsp3) is 0.143. The second kappa shape index (κ2) is 9.37. The SMILES string of the molecule is CC(=O)/C=C(/C)O.C[Si]1(C)c2cc3ccccc3[c-]c2-c2nccc3[se]c4cccc1c4c23.[Ir]. The molecule has 5 aromatic rings. The zero-order valence-corrected chi connectivity index (χ0v) is 24.5. The third-order valence-corrected chi connectivity index (χ3v) is 12.0. The number of carbonyl (C=O) groups excluding carboxylic acids is 1. The summed E-state index contributed by atoms with van der Waals surface area (Å²) in [7, 11) is -1.86. The van der Waals surface area contributed by atoms with Crippen molar-refractivity contribution < 1.29 is 30.0 Å². The zero-order chi connectivity index (χ0) is 23.3. The molecule has 0 atom stereocenters. The Hall–Kier alpha value is -2.33. The van der Waals surface area contributed by atoms with Crippen LogP contribution in [0.2, 0.25) is 13.1 Å². The van der Waals surface area contributed by atoms with E-state index in [1.807, 2.05) is 6.20 Å². The number of allylic oxidation sites excluding steroid dienone is 2. The van der Waals surface area contributed by atoms with Crippen LogP contribution in [-0.2, 0) is 24.9 Å². The minimum atomic E-state index is -1.86. The Morgan fingerprint density at radius 1 is 1.00 bits per heavy atom. The number of pyridine rings is 1. The minimum absolute atomic E-state index is 0. The van der Waals surface area contributed by atoms with Gasteiger partial charge in [0.2, 0.25) is 0 Å². The average Bonchev–Trinajstić information content (AvgIpc) is 3.13. The number of hydrogen-bond donors (Lipinski definition) is 1. The van der Waals surface area contributed by atoms with Gasteiger partial charge in [-0.2, -0.15) is 0 Å². The smallest absolute Gasteiger partial charge is 0 e. The fourth-order valence-electron chi connectivity index (χ4n) is 4.76. The number of carbonyl (C=O) groups is 1. The van der Waals surface area contributed by atoms with E-state index in [0.29, 0.717) is 14.5 Å². The molecule has 0 unspecified atom stereocenters. The molecule has 0 amide bonds. The predicted molar refractivity (Wildman–Crippen MR) is 142 cm³/mol. The maximum absolute atomic E-state index is 10.0. The summed E-state index contributed by atoms with van der Waals surface area (Å²) < 4.78 is 3.00. The molecule has 0 bridgehead atoms. The molecule has 6 rings (SSSR count). The molecule has 6 heteroatoms. The quantitative estimate of drug-likeness (QED) is 0.113. The first-order chi connectivity index (χ1) is 15.8. The molecule has 0 saturated carbocycles. The number of hydrogen-bond acceptors (Lipinski definition) is 3. The van der Waals surface area contributed by atoms with E-state index in [2.05, 4.69) is 73.8 Å². The Morgan fingerprint density at radius 3 is 2.44 bits per heavy atom. The monoisotopic (exact) mass is 707 g/mol. The molecular weight excluding hydrogens is 682 g/mol. The molecule has 0 fully saturated rings. The Kier molecular flexibility index (Phi) is 6.83. The maximum Gasteiger partial charge on any atom is 0 e. The minimum Gasteiger partial charge on any atom is 0 e. The Balaban J connectivity index is 0.000000303. The van der Waals surface area contributed by atoms with Crippen LogP contribution < -0.4 is 10.4 Å². The summed E-state index contributed by atoms with van der Waals surface area (Å²) in [4.78, 5) is 14.9. The average molecular weight is 706 g/mol. The first-order valence-electron chi connectivity index (χ1n) is 10.9. The number of benzene rings is 3. The first-order valence-corrected chi connectivity index (χ1v) is 15.6. The summed E-state index contributed by atoms with van der Waals surface area (Å²) in [6.07, 6.45) is 3.16. The topological polar surface area (TPSA) is 50.2 Å². The molecule has 0 spiro atoms. The molecule has 3 nitrogen and oxygen atoms in total. The maximum atomic E-state index is 10.0. The number of aliphatic hydroxyl groups excluding tert-OH is 1. The van der Waals surface area contributed by atoms with E-state index in [1.54, 1.807) is 5.19 Å². The van der Waals surface area contributed by atoms with Gasteiger partial charge in [0.1, 0.15) is 0 Å². The van der Waals surface area contributed by atoms with Gasteiger partial charge in [0.05, 0.1) is 5.76 Å². The molecule has 173 valence electrons. The van der Waals surface area contributed by atoms with Crippen LogP contribution in [0.15, 0.2) is 72.6 Å². The van der Waals surface area contributed by atoms with Gasteiger partial charge >= 0.3 is 159 Å².